The zero-order valence-corrected chi connectivity index (χ0v) is 14.0. The molecule has 2 saturated heterocycles. The summed E-state index contributed by atoms with van der Waals surface area (Å²) in [6.45, 7) is 1.11. The van der Waals surface area contributed by atoms with Crippen LogP contribution in [0.5, 0.6) is 0 Å². The normalized spacial score (nSPS) is 30.9. The molecule has 9 heteroatoms. The number of nitrogens with two attached hydrogens (primary N) is 1. The average Bonchev–Trinajstić information content (AvgIpc) is 2.71. The predicted molar refractivity (Wildman–Crippen MR) is 89.1 cm³/mol. The van der Waals surface area contributed by atoms with Crippen LogP contribution in [-0.4, -0.2) is 70.3 Å². The van der Waals surface area contributed by atoms with Crippen LogP contribution in [0.3, 0.4) is 0 Å². The minimum atomic E-state index is -1.47. The van der Waals surface area contributed by atoms with Crippen LogP contribution < -0.4 is 11.1 Å². The Kier molecular flexibility index (Phi) is 6.62. The standard InChI is InChI=1S/C15H28BN3O5/c17-15(14(21)22)10-19(9-11(15)5-4-7-16(23)24)13(20)12-6-2-1-3-8-18-12/h11-12,18,23-24H,1-10,17H2,(H,21,22)/t11?,12-,15-/m0/s1. The first-order valence-electron chi connectivity index (χ1n) is 8.75. The van der Waals surface area contributed by atoms with E-state index in [0.717, 1.165) is 32.2 Å². The third kappa shape index (κ3) is 4.47. The van der Waals surface area contributed by atoms with Crippen molar-refractivity contribution in [3.8, 4) is 0 Å². The molecule has 0 radical (unpaired) electrons. The van der Waals surface area contributed by atoms with Gasteiger partial charge in [0.15, 0.2) is 0 Å². The predicted octanol–water partition coefficient (Wildman–Crippen LogP) is -0.988. The number of carbonyl (C=O) groups is 2. The van der Waals surface area contributed by atoms with Gasteiger partial charge in [0.25, 0.3) is 0 Å². The van der Waals surface area contributed by atoms with Crippen LogP contribution in [0.4, 0.5) is 0 Å². The largest absolute Gasteiger partial charge is 0.480 e. The third-order valence-corrected chi connectivity index (χ3v) is 5.20. The summed E-state index contributed by atoms with van der Waals surface area (Å²) >= 11 is 0. The van der Waals surface area contributed by atoms with E-state index in [0.29, 0.717) is 19.4 Å². The highest BCUT2D eigenvalue weighted by molar-refractivity contribution is 6.40. The van der Waals surface area contributed by atoms with Gasteiger partial charge >= 0.3 is 13.1 Å². The van der Waals surface area contributed by atoms with Crippen molar-refractivity contribution in [1.82, 2.24) is 10.2 Å². The zero-order valence-electron chi connectivity index (χ0n) is 14.0. The SMILES string of the molecule is N[C@@]1(C(=O)O)CN(C(=O)[C@@H]2CCCCCN2)CC1CCCB(O)O. The Balaban J connectivity index is 2.01. The molecule has 2 fully saturated rings. The Morgan fingerprint density at radius 2 is 2.04 bits per heavy atom. The topological polar surface area (TPSA) is 136 Å². The molecule has 24 heavy (non-hydrogen) atoms. The maximum absolute atomic E-state index is 12.7. The van der Waals surface area contributed by atoms with Crippen molar-refractivity contribution < 1.29 is 24.7 Å². The summed E-state index contributed by atoms with van der Waals surface area (Å²) in [6, 6.07) is -0.261. The summed E-state index contributed by atoms with van der Waals surface area (Å²) in [5.41, 5.74) is 4.64. The second-order valence-corrected chi connectivity index (χ2v) is 7.03. The molecule has 6 N–H and O–H groups in total. The number of hydrogen-bond donors (Lipinski definition) is 5. The van der Waals surface area contributed by atoms with Gasteiger partial charge in [-0.15, -0.1) is 0 Å². The number of likely N-dealkylation sites (tertiary alicyclic amines) is 1. The molecular formula is C15H28BN3O5. The van der Waals surface area contributed by atoms with Crippen molar-refractivity contribution in [2.75, 3.05) is 19.6 Å². The van der Waals surface area contributed by atoms with Crippen LogP contribution >= 0.6 is 0 Å². The quantitative estimate of drug-likeness (QED) is 0.391. The van der Waals surface area contributed by atoms with Gasteiger partial charge in [-0.1, -0.05) is 19.3 Å². The minimum absolute atomic E-state index is 0.00565. The minimum Gasteiger partial charge on any atom is -0.480 e. The molecular weight excluding hydrogens is 313 g/mol. The Morgan fingerprint density at radius 3 is 2.71 bits per heavy atom. The lowest BCUT2D eigenvalue weighted by molar-refractivity contribution is -0.144. The monoisotopic (exact) mass is 341 g/mol. The van der Waals surface area contributed by atoms with E-state index < -0.39 is 18.6 Å². The number of carboxylic acid groups (broad SMARTS) is 1. The molecule has 0 saturated carbocycles. The van der Waals surface area contributed by atoms with E-state index in [-0.39, 0.29) is 30.7 Å². The molecule has 1 unspecified atom stereocenters. The highest BCUT2D eigenvalue weighted by atomic mass is 16.4. The number of hydrogen-bond acceptors (Lipinski definition) is 6. The van der Waals surface area contributed by atoms with Gasteiger partial charge in [-0.2, -0.15) is 0 Å². The number of rotatable bonds is 6. The lowest BCUT2D eigenvalue weighted by Gasteiger charge is -2.25. The van der Waals surface area contributed by atoms with Gasteiger partial charge in [-0.05, 0) is 32.1 Å². The van der Waals surface area contributed by atoms with E-state index in [9.17, 15) is 14.7 Å². The molecule has 8 nitrogen and oxygen atoms in total. The molecule has 0 aromatic carbocycles. The van der Waals surface area contributed by atoms with Crippen LogP contribution in [0.25, 0.3) is 0 Å². The maximum atomic E-state index is 12.7. The number of aliphatic carboxylic acids is 1. The van der Waals surface area contributed by atoms with Crippen molar-refractivity contribution in [2.45, 2.75) is 56.4 Å². The van der Waals surface area contributed by atoms with Crippen LogP contribution in [0, 0.1) is 5.92 Å². The molecule has 2 rings (SSSR count). The van der Waals surface area contributed by atoms with E-state index in [1.807, 2.05) is 0 Å². The third-order valence-electron chi connectivity index (χ3n) is 5.20. The van der Waals surface area contributed by atoms with E-state index in [1.54, 1.807) is 4.90 Å². The lowest BCUT2D eigenvalue weighted by atomic mass is 9.78. The van der Waals surface area contributed by atoms with Gasteiger partial charge in [0.1, 0.15) is 5.54 Å². The Morgan fingerprint density at radius 1 is 1.29 bits per heavy atom. The highest BCUT2D eigenvalue weighted by Gasteiger charge is 2.51. The van der Waals surface area contributed by atoms with Crippen molar-refractivity contribution >= 4 is 19.0 Å². The molecule has 1 amide bonds. The smallest absolute Gasteiger partial charge is 0.451 e. The number of amides is 1. The molecule has 136 valence electrons. The molecule has 0 bridgehead atoms. The molecule has 0 aromatic heterocycles. The Bertz CT molecular complexity index is 456. The second-order valence-electron chi connectivity index (χ2n) is 7.03. The van der Waals surface area contributed by atoms with Gasteiger partial charge in [-0.3, -0.25) is 9.59 Å². The van der Waals surface area contributed by atoms with Gasteiger partial charge in [-0.25, -0.2) is 0 Å². The summed E-state index contributed by atoms with van der Waals surface area (Å²) in [5, 5.41) is 30.6. The van der Waals surface area contributed by atoms with Crippen molar-refractivity contribution in [1.29, 1.82) is 0 Å². The fourth-order valence-electron chi connectivity index (χ4n) is 3.70. The summed E-state index contributed by atoms with van der Waals surface area (Å²) in [6.07, 6.45) is 4.97. The molecule has 2 aliphatic heterocycles. The van der Waals surface area contributed by atoms with E-state index in [1.165, 1.54) is 0 Å². The first-order valence-corrected chi connectivity index (χ1v) is 8.75. The van der Waals surface area contributed by atoms with Crippen LogP contribution in [0.2, 0.25) is 6.32 Å². The first kappa shape index (κ1) is 19.2. The Labute approximate surface area is 142 Å². The van der Waals surface area contributed by atoms with E-state index in [2.05, 4.69) is 5.32 Å². The fraction of sp³-hybridized carbons (Fsp3) is 0.867. The number of carboxylic acids is 1. The van der Waals surface area contributed by atoms with Crippen molar-refractivity contribution in [3.05, 3.63) is 0 Å². The maximum Gasteiger partial charge on any atom is 0.451 e. The number of carbonyl (C=O) groups excluding carboxylic acids is 1. The van der Waals surface area contributed by atoms with Crippen LogP contribution in [-0.2, 0) is 9.59 Å². The van der Waals surface area contributed by atoms with Crippen LogP contribution in [0.1, 0.15) is 38.5 Å². The lowest BCUT2D eigenvalue weighted by Crippen LogP contribution is -2.55. The molecule has 2 heterocycles. The number of nitrogens with zero attached hydrogens (tertiary/aromatic N) is 1. The summed E-state index contributed by atoms with van der Waals surface area (Å²) in [5.74, 6) is -1.57. The molecule has 2 aliphatic rings. The van der Waals surface area contributed by atoms with E-state index in [4.69, 9.17) is 15.8 Å². The summed E-state index contributed by atoms with van der Waals surface area (Å²) in [7, 11) is -1.41. The van der Waals surface area contributed by atoms with Crippen molar-refractivity contribution in [3.63, 3.8) is 0 Å². The van der Waals surface area contributed by atoms with Gasteiger partial charge in [0, 0.05) is 19.0 Å². The Hall–Kier alpha value is -1.16. The van der Waals surface area contributed by atoms with Gasteiger partial charge in [0.2, 0.25) is 5.91 Å². The zero-order chi connectivity index (χ0) is 17.7. The highest BCUT2D eigenvalue weighted by Crippen LogP contribution is 2.31. The second kappa shape index (κ2) is 8.29. The van der Waals surface area contributed by atoms with Crippen molar-refractivity contribution in [2.24, 2.45) is 11.7 Å². The molecule has 0 spiro atoms. The summed E-state index contributed by atoms with van der Waals surface area (Å²) < 4.78 is 0. The van der Waals surface area contributed by atoms with E-state index >= 15 is 0 Å². The van der Waals surface area contributed by atoms with Gasteiger partial charge < -0.3 is 31.1 Å². The fourth-order valence-corrected chi connectivity index (χ4v) is 3.70. The number of nitrogens with one attached hydrogen (secondary N) is 1. The molecule has 3 atom stereocenters. The average molecular weight is 341 g/mol. The van der Waals surface area contributed by atoms with Crippen LogP contribution in [0.15, 0.2) is 0 Å². The van der Waals surface area contributed by atoms with Gasteiger partial charge in [0.05, 0.1) is 6.04 Å². The first-order chi connectivity index (χ1) is 11.3. The molecule has 0 aromatic rings. The molecule has 0 aliphatic carbocycles. The summed E-state index contributed by atoms with van der Waals surface area (Å²) in [4.78, 5) is 25.9.